The van der Waals surface area contributed by atoms with Gasteiger partial charge in [0.25, 0.3) is 0 Å². The van der Waals surface area contributed by atoms with Crippen molar-refractivity contribution in [3.05, 3.63) is 0 Å². The fourth-order valence-electron chi connectivity index (χ4n) is 0.724. The molecule has 0 aromatic carbocycles. The summed E-state index contributed by atoms with van der Waals surface area (Å²) in [5, 5.41) is 28.3. The quantitative estimate of drug-likeness (QED) is 0.425. The average molecular weight is 203 g/mol. The molecular formula is C6H7Li2NO6. The number of rotatable bonds is 6. The molecule has 7 nitrogen and oxygen atoms in total. The van der Waals surface area contributed by atoms with Crippen LogP contribution in [0.5, 0.6) is 0 Å². The van der Waals surface area contributed by atoms with Crippen molar-refractivity contribution in [1.82, 2.24) is 4.90 Å². The smallest absolute Gasteiger partial charge is 0.549 e. The first kappa shape index (κ1) is 20.0. The third kappa shape index (κ3) is 13.6. The summed E-state index contributed by atoms with van der Waals surface area (Å²) < 4.78 is 0. The van der Waals surface area contributed by atoms with Crippen molar-refractivity contribution in [3.8, 4) is 0 Å². The van der Waals surface area contributed by atoms with Crippen LogP contribution in [0.2, 0.25) is 0 Å². The molecule has 0 unspecified atom stereocenters. The van der Waals surface area contributed by atoms with Gasteiger partial charge in [-0.25, -0.2) is 0 Å². The summed E-state index contributed by atoms with van der Waals surface area (Å²) in [4.78, 5) is 30.8. The molecular weight excluding hydrogens is 196 g/mol. The number of carboxylic acids is 3. The summed E-state index contributed by atoms with van der Waals surface area (Å²) in [5.74, 6) is -4.40. The Kier molecular flexibility index (Phi) is 13.5. The van der Waals surface area contributed by atoms with Crippen LogP contribution in [0.1, 0.15) is 0 Å². The number of carboxylic acid groups (broad SMARTS) is 3. The molecule has 0 saturated carbocycles. The van der Waals surface area contributed by atoms with Crippen LogP contribution >= 0.6 is 0 Å². The van der Waals surface area contributed by atoms with E-state index in [0.717, 1.165) is 0 Å². The van der Waals surface area contributed by atoms with E-state index in [2.05, 4.69) is 0 Å². The van der Waals surface area contributed by atoms with Crippen molar-refractivity contribution >= 4 is 17.9 Å². The normalized spacial score (nSPS) is 8.60. The Morgan fingerprint density at radius 2 is 1.27 bits per heavy atom. The molecule has 0 aliphatic rings. The predicted molar refractivity (Wildman–Crippen MR) is 34.1 cm³/mol. The van der Waals surface area contributed by atoms with Crippen LogP contribution in [0.4, 0.5) is 0 Å². The minimum absolute atomic E-state index is 0. The maximum absolute atomic E-state index is 10.1. The fourth-order valence-corrected chi connectivity index (χ4v) is 0.724. The monoisotopic (exact) mass is 203 g/mol. The van der Waals surface area contributed by atoms with E-state index in [4.69, 9.17) is 5.11 Å². The Morgan fingerprint density at radius 3 is 1.47 bits per heavy atom. The summed E-state index contributed by atoms with van der Waals surface area (Å²) in [6.45, 7) is -2.18. The van der Waals surface area contributed by atoms with Gasteiger partial charge in [-0.1, -0.05) is 0 Å². The molecule has 0 spiro atoms. The number of aliphatic carboxylic acids is 3. The Balaban J connectivity index is -0.000000720. The van der Waals surface area contributed by atoms with Gasteiger partial charge in [-0.15, -0.1) is 0 Å². The molecule has 0 rings (SSSR count). The fraction of sp³-hybridized carbons (Fsp3) is 0.500. The van der Waals surface area contributed by atoms with Crippen molar-refractivity contribution < 1.29 is 67.4 Å². The van der Waals surface area contributed by atoms with Crippen LogP contribution in [0, 0.1) is 0 Å². The zero-order chi connectivity index (χ0) is 10.4. The number of hydrogen-bond acceptors (Lipinski definition) is 6. The molecule has 0 atom stereocenters. The van der Waals surface area contributed by atoms with Crippen LogP contribution in [-0.4, -0.2) is 47.5 Å². The van der Waals surface area contributed by atoms with E-state index in [0.29, 0.717) is 4.90 Å². The first-order chi connectivity index (χ1) is 5.91. The number of carbonyl (C=O) groups is 3. The Hall–Kier alpha value is -0.435. The minimum Gasteiger partial charge on any atom is -0.549 e. The van der Waals surface area contributed by atoms with Gasteiger partial charge in [0.05, 0.1) is 18.5 Å². The molecule has 0 heterocycles. The summed E-state index contributed by atoms with van der Waals surface area (Å²) in [5.41, 5.74) is 0. The van der Waals surface area contributed by atoms with E-state index >= 15 is 0 Å². The zero-order valence-corrected chi connectivity index (χ0v) is 8.56. The van der Waals surface area contributed by atoms with Gasteiger partial charge in [0.15, 0.2) is 0 Å². The maximum Gasteiger partial charge on any atom is 1.00 e. The van der Waals surface area contributed by atoms with Gasteiger partial charge in [-0.2, -0.15) is 0 Å². The Morgan fingerprint density at radius 1 is 0.933 bits per heavy atom. The van der Waals surface area contributed by atoms with Crippen molar-refractivity contribution in [1.29, 1.82) is 0 Å². The SMILES string of the molecule is O=C([O-])CN(CC(=O)[O-])CC(=O)O.[Li+].[Li+]. The minimum atomic E-state index is -1.54. The summed E-state index contributed by atoms with van der Waals surface area (Å²) >= 11 is 0. The average Bonchev–Trinajstić information content (AvgIpc) is 1.80. The van der Waals surface area contributed by atoms with Crippen LogP contribution in [-0.2, 0) is 14.4 Å². The molecule has 0 aromatic heterocycles. The molecule has 0 saturated heterocycles. The number of hydrogen-bond donors (Lipinski definition) is 1. The van der Waals surface area contributed by atoms with E-state index < -0.39 is 37.5 Å². The first-order valence-corrected chi connectivity index (χ1v) is 3.25. The van der Waals surface area contributed by atoms with E-state index in [1.54, 1.807) is 0 Å². The van der Waals surface area contributed by atoms with E-state index in [-0.39, 0.29) is 37.7 Å². The van der Waals surface area contributed by atoms with Gasteiger partial charge in [0.2, 0.25) is 0 Å². The summed E-state index contributed by atoms with van der Waals surface area (Å²) in [7, 11) is 0. The van der Waals surface area contributed by atoms with Gasteiger partial charge >= 0.3 is 43.7 Å². The molecule has 0 fully saturated rings. The first-order valence-electron chi connectivity index (χ1n) is 3.25. The Labute approximate surface area is 110 Å². The topological polar surface area (TPSA) is 121 Å². The summed E-state index contributed by atoms with van der Waals surface area (Å²) in [6.07, 6.45) is 0. The van der Waals surface area contributed by atoms with Crippen LogP contribution in [0.25, 0.3) is 0 Å². The molecule has 0 amide bonds. The van der Waals surface area contributed by atoms with E-state index in [1.807, 2.05) is 0 Å². The van der Waals surface area contributed by atoms with Crippen molar-refractivity contribution in [2.24, 2.45) is 0 Å². The molecule has 0 bridgehead atoms. The van der Waals surface area contributed by atoms with Gasteiger partial charge in [-0.3, -0.25) is 9.69 Å². The molecule has 0 radical (unpaired) electrons. The van der Waals surface area contributed by atoms with Gasteiger partial charge in [0.1, 0.15) is 0 Å². The zero-order valence-electron chi connectivity index (χ0n) is 8.56. The number of nitrogens with zero attached hydrogens (tertiary/aromatic N) is 1. The van der Waals surface area contributed by atoms with Gasteiger partial charge < -0.3 is 24.9 Å². The second-order valence-electron chi connectivity index (χ2n) is 2.28. The Bertz CT molecular complexity index is 196. The van der Waals surface area contributed by atoms with Crippen molar-refractivity contribution in [2.75, 3.05) is 19.6 Å². The maximum atomic E-state index is 10.1. The van der Waals surface area contributed by atoms with Gasteiger partial charge in [-0.05, 0) is 0 Å². The van der Waals surface area contributed by atoms with Crippen molar-refractivity contribution in [3.63, 3.8) is 0 Å². The standard InChI is InChI=1S/C6H9NO6.2Li/c8-4(9)1-7(2-5(10)11)3-6(12)13;;/h1-3H2,(H,8,9)(H,10,11)(H,12,13);;/q;2*+1/p-2. The van der Waals surface area contributed by atoms with Crippen LogP contribution in [0.3, 0.4) is 0 Å². The molecule has 9 heteroatoms. The van der Waals surface area contributed by atoms with Gasteiger partial charge in [0, 0.05) is 13.1 Å². The molecule has 1 N–H and O–H groups in total. The molecule has 0 aromatic rings. The molecule has 0 aliphatic carbocycles. The third-order valence-corrected chi connectivity index (χ3v) is 1.06. The van der Waals surface area contributed by atoms with Crippen molar-refractivity contribution in [2.45, 2.75) is 0 Å². The second-order valence-corrected chi connectivity index (χ2v) is 2.28. The number of carbonyl (C=O) groups excluding carboxylic acids is 2. The predicted octanol–water partition coefficient (Wildman–Crippen LogP) is -10.1. The molecule has 0 aliphatic heterocycles. The molecule has 74 valence electrons. The van der Waals surface area contributed by atoms with E-state index in [1.165, 1.54) is 0 Å². The second kappa shape index (κ2) is 10.1. The van der Waals surface area contributed by atoms with Crippen LogP contribution < -0.4 is 47.9 Å². The van der Waals surface area contributed by atoms with E-state index in [9.17, 15) is 24.6 Å². The van der Waals surface area contributed by atoms with Crippen LogP contribution in [0.15, 0.2) is 0 Å². The summed E-state index contributed by atoms with van der Waals surface area (Å²) in [6, 6.07) is 0. The third-order valence-electron chi connectivity index (χ3n) is 1.06. The molecule has 15 heavy (non-hydrogen) atoms. The largest absolute Gasteiger partial charge is 1.00 e.